The lowest BCUT2D eigenvalue weighted by atomic mass is 9.99. The van der Waals surface area contributed by atoms with E-state index in [1.165, 1.54) is 22.4 Å². The molecule has 1 aromatic heterocycles. The van der Waals surface area contributed by atoms with Crippen LogP contribution in [0.5, 0.6) is 0 Å². The van der Waals surface area contributed by atoms with Gasteiger partial charge in [0.1, 0.15) is 0 Å². The summed E-state index contributed by atoms with van der Waals surface area (Å²) in [5, 5.41) is 0.837. The van der Waals surface area contributed by atoms with E-state index in [2.05, 4.69) is 44.9 Å². The number of hydrogen-bond acceptors (Lipinski definition) is 4. The Morgan fingerprint density at radius 1 is 1.04 bits per heavy atom. The van der Waals surface area contributed by atoms with E-state index in [9.17, 15) is 0 Å². The molecular formula is C20H25ClN4. The van der Waals surface area contributed by atoms with Gasteiger partial charge in [-0.3, -0.25) is 9.88 Å². The molecule has 0 aliphatic carbocycles. The van der Waals surface area contributed by atoms with Crippen molar-refractivity contribution >= 4 is 17.3 Å². The molecule has 0 spiro atoms. The lowest BCUT2D eigenvalue weighted by Gasteiger charge is -2.35. The van der Waals surface area contributed by atoms with Gasteiger partial charge in [-0.1, -0.05) is 17.7 Å². The van der Waals surface area contributed by atoms with Crippen LogP contribution in [-0.4, -0.2) is 54.6 Å². The number of likely N-dealkylation sites (N-methyl/N-ethyl adjacent to an activating group) is 1. The monoisotopic (exact) mass is 356 g/mol. The van der Waals surface area contributed by atoms with Gasteiger partial charge in [0.05, 0.1) is 11.9 Å². The third-order valence-electron chi connectivity index (χ3n) is 5.40. The average Bonchev–Trinajstić information content (AvgIpc) is 2.64. The second kappa shape index (κ2) is 7.32. The highest BCUT2D eigenvalue weighted by Crippen LogP contribution is 2.29. The molecule has 0 bridgehead atoms. The summed E-state index contributed by atoms with van der Waals surface area (Å²) < 4.78 is 0. The number of piperazine rings is 1. The van der Waals surface area contributed by atoms with Gasteiger partial charge in [-0.2, -0.15) is 0 Å². The molecular weight excluding hydrogens is 332 g/mol. The molecule has 1 saturated heterocycles. The number of benzene rings is 1. The van der Waals surface area contributed by atoms with Crippen LogP contribution in [0.3, 0.4) is 0 Å². The molecule has 5 heteroatoms. The fourth-order valence-electron chi connectivity index (χ4n) is 3.81. The van der Waals surface area contributed by atoms with Crippen molar-refractivity contribution in [3.8, 4) is 0 Å². The van der Waals surface area contributed by atoms with Crippen molar-refractivity contribution in [2.75, 3.05) is 44.7 Å². The van der Waals surface area contributed by atoms with Crippen LogP contribution < -0.4 is 4.90 Å². The molecule has 2 aromatic rings. The van der Waals surface area contributed by atoms with Gasteiger partial charge < -0.3 is 9.80 Å². The first-order valence-electron chi connectivity index (χ1n) is 9.05. The maximum absolute atomic E-state index is 6.14. The van der Waals surface area contributed by atoms with Crippen molar-refractivity contribution < 1.29 is 0 Å². The van der Waals surface area contributed by atoms with Crippen LogP contribution in [0.2, 0.25) is 5.02 Å². The van der Waals surface area contributed by atoms with Crippen molar-refractivity contribution in [3.63, 3.8) is 0 Å². The molecule has 1 fully saturated rings. The quantitative estimate of drug-likeness (QED) is 0.843. The Kier molecular flexibility index (Phi) is 4.93. The summed E-state index contributed by atoms with van der Waals surface area (Å²) >= 11 is 6.14. The zero-order valence-corrected chi connectivity index (χ0v) is 15.5. The molecule has 0 unspecified atom stereocenters. The van der Waals surface area contributed by atoms with Gasteiger partial charge in [0.2, 0.25) is 0 Å². The third-order valence-corrected chi connectivity index (χ3v) is 5.63. The molecule has 3 heterocycles. The Labute approximate surface area is 155 Å². The normalized spacial score (nSPS) is 19.0. The van der Waals surface area contributed by atoms with Gasteiger partial charge in [-0.05, 0) is 48.4 Å². The Morgan fingerprint density at radius 3 is 2.72 bits per heavy atom. The first-order valence-corrected chi connectivity index (χ1v) is 9.43. The highest BCUT2D eigenvalue weighted by Gasteiger charge is 2.21. The lowest BCUT2D eigenvalue weighted by molar-refractivity contribution is 0.148. The minimum absolute atomic E-state index is 0.837. The molecule has 0 N–H and O–H groups in total. The second-order valence-electron chi connectivity index (χ2n) is 7.17. The van der Waals surface area contributed by atoms with E-state index in [1.54, 1.807) is 0 Å². The van der Waals surface area contributed by atoms with Crippen molar-refractivity contribution in [2.24, 2.45) is 0 Å². The third kappa shape index (κ3) is 3.81. The van der Waals surface area contributed by atoms with E-state index < -0.39 is 0 Å². The summed E-state index contributed by atoms with van der Waals surface area (Å²) in [5.41, 5.74) is 5.43. The standard InChI is InChI=1S/C20H25ClN4/c1-23-8-10-24(11-9-23)14-18-4-6-22-13-20(18)25-7-5-16-12-19(21)3-2-17(16)15-25/h2-4,6,12-13H,5,7-11,14-15H2,1H3. The summed E-state index contributed by atoms with van der Waals surface area (Å²) in [6.07, 6.45) is 5.00. The molecule has 0 amide bonds. The zero-order valence-electron chi connectivity index (χ0n) is 14.8. The number of aromatic nitrogens is 1. The highest BCUT2D eigenvalue weighted by atomic mass is 35.5. The minimum atomic E-state index is 0.837. The lowest BCUT2D eigenvalue weighted by Crippen LogP contribution is -2.44. The SMILES string of the molecule is CN1CCN(Cc2ccncc2N2CCc3cc(Cl)ccc3C2)CC1. The molecule has 132 valence electrons. The summed E-state index contributed by atoms with van der Waals surface area (Å²) in [6, 6.07) is 8.46. The minimum Gasteiger partial charge on any atom is -0.365 e. The summed E-state index contributed by atoms with van der Waals surface area (Å²) in [7, 11) is 2.20. The molecule has 0 atom stereocenters. The smallest absolute Gasteiger partial charge is 0.0601 e. The van der Waals surface area contributed by atoms with E-state index in [1.807, 2.05) is 18.5 Å². The van der Waals surface area contributed by atoms with Gasteiger partial charge in [-0.15, -0.1) is 0 Å². The number of fused-ring (bicyclic) bond motifs is 1. The topological polar surface area (TPSA) is 22.6 Å². The summed E-state index contributed by atoms with van der Waals surface area (Å²) in [5.74, 6) is 0. The zero-order chi connectivity index (χ0) is 17.2. The van der Waals surface area contributed by atoms with Crippen LogP contribution in [0, 0.1) is 0 Å². The molecule has 4 rings (SSSR count). The van der Waals surface area contributed by atoms with E-state index in [0.717, 1.165) is 57.3 Å². The molecule has 25 heavy (non-hydrogen) atoms. The second-order valence-corrected chi connectivity index (χ2v) is 7.60. The van der Waals surface area contributed by atoms with Crippen LogP contribution in [0.4, 0.5) is 5.69 Å². The van der Waals surface area contributed by atoms with Crippen LogP contribution in [0.1, 0.15) is 16.7 Å². The number of anilines is 1. The summed E-state index contributed by atoms with van der Waals surface area (Å²) in [6.45, 7) is 7.55. The number of halogens is 1. The van der Waals surface area contributed by atoms with Crippen LogP contribution in [0.15, 0.2) is 36.7 Å². The first kappa shape index (κ1) is 16.8. The number of rotatable bonds is 3. The number of hydrogen-bond donors (Lipinski definition) is 0. The summed E-state index contributed by atoms with van der Waals surface area (Å²) in [4.78, 5) is 11.8. The van der Waals surface area contributed by atoms with E-state index in [4.69, 9.17) is 11.6 Å². The van der Waals surface area contributed by atoms with Gasteiger partial charge in [0.25, 0.3) is 0 Å². The van der Waals surface area contributed by atoms with Gasteiger partial charge in [0.15, 0.2) is 0 Å². The maximum Gasteiger partial charge on any atom is 0.0601 e. The predicted octanol–water partition coefficient (Wildman–Crippen LogP) is 3.05. The first-order chi connectivity index (χ1) is 12.2. The van der Waals surface area contributed by atoms with Gasteiger partial charge in [0, 0.05) is 57.0 Å². The van der Waals surface area contributed by atoms with Gasteiger partial charge >= 0.3 is 0 Å². The largest absolute Gasteiger partial charge is 0.365 e. The van der Waals surface area contributed by atoms with Crippen LogP contribution in [0.25, 0.3) is 0 Å². The Bertz CT molecular complexity index is 740. The molecule has 0 saturated carbocycles. The molecule has 4 nitrogen and oxygen atoms in total. The Morgan fingerprint density at radius 2 is 1.88 bits per heavy atom. The van der Waals surface area contributed by atoms with Gasteiger partial charge in [-0.25, -0.2) is 0 Å². The fourth-order valence-corrected chi connectivity index (χ4v) is 4.00. The number of pyridine rings is 1. The number of nitrogens with zero attached hydrogens (tertiary/aromatic N) is 4. The Hall–Kier alpha value is -1.62. The van der Waals surface area contributed by atoms with Crippen molar-refractivity contribution in [1.82, 2.24) is 14.8 Å². The molecule has 2 aliphatic heterocycles. The fraction of sp³-hybridized carbons (Fsp3) is 0.450. The van der Waals surface area contributed by atoms with Crippen molar-refractivity contribution in [1.29, 1.82) is 0 Å². The van der Waals surface area contributed by atoms with E-state index in [0.29, 0.717) is 0 Å². The Balaban J connectivity index is 1.52. The van der Waals surface area contributed by atoms with Crippen molar-refractivity contribution in [2.45, 2.75) is 19.5 Å². The molecule has 0 radical (unpaired) electrons. The van der Waals surface area contributed by atoms with Crippen LogP contribution >= 0.6 is 11.6 Å². The van der Waals surface area contributed by atoms with Crippen LogP contribution in [-0.2, 0) is 19.5 Å². The average molecular weight is 357 g/mol. The van der Waals surface area contributed by atoms with E-state index in [-0.39, 0.29) is 0 Å². The molecule has 2 aliphatic rings. The predicted molar refractivity (Wildman–Crippen MR) is 103 cm³/mol. The molecule has 1 aromatic carbocycles. The maximum atomic E-state index is 6.14. The highest BCUT2D eigenvalue weighted by molar-refractivity contribution is 6.30. The van der Waals surface area contributed by atoms with E-state index >= 15 is 0 Å². The van der Waals surface area contributed by atoms with Crippen molar-refractivity contribution in [3.05, 3.63) is 58.4 Å².